The van der Waals surface area contributed by atoms with Crippen molar-refractivity contribution in [3.05, 3.63) is 42.1 Å². The number of benzene rings is 1. The largest absolute Gasteiger partial charge is 0.370 e. The molecule has 5 N–H and O–H groups in total. The van der Waals surface area contributed by atoms with E-state index < -0.39 is 15.5 Å². The fraction of sp³-hybridized carbons (Fsp3) is 0.182. The highest BCUT2D eigenvalue weighted by atomic mass is 32.2. The summed E-state index contributed by atoms with van der Waals surface area (Å²) in [5.74, 6) is 0.185. The molecule has 2 rings (SSSR count). The lowest BCUT2D eigenvalue weighted by Gasteiger charge is -2.25. The molecule has 18 heavy (non-hydrogen) atoms. The summed E-state index contributed by atoms with van der Waals surface area (Å²) in [6, 6.07) is 6.35. The van der Waals surface area contributed by atoms with Gasteiger partial charge in [0.25, 0.3) is 0 Å². The van der Waals surface area contributed by atoms with Crippen molar-refractivity contribution in [1.82, 2.24) is 5.32 Å². The molecule has 1 atom stereocenters. The number of nitrogens with one attached hydrogen (secondary N) is 1. The molecular formula is C11H14N4O2S. The molecule has 0 spiro atoms. The lowest BCUT2D eigenvalue weighted by atomic mass is 10.0. The Balaban J connectivity index is 2.53. The van der Waals surface area contributed by atoms with Crippen LogP contribution in [0.3, 0.4) is 0 Å². The molecule has 1 unspecified atom stereocenters. The zero-order valence-electron chi connectivity index (χ0n) is 9.79. The van der Waals surface area contributed by atoms with Crippen LogP contribution in [0.25, 0.3) is 0 Å². The third-order valence-electron chi connectivity index (χ3n) is 2.60. The molecule has 1 aromatic rings. The van der Waals surface area contributed by atoms with Crippen LogP contribution < -0.4 is 16.8 Å². The van der Waals surface area contributed by atoms with E-state index in [0.717, 1.165) is 6.26 Å². The van der Waals surface area contributed by atoms with Crippen molar-refractivity contribution >= 4 is 15.8 Å². The molecule has 0 aromatic heterocycles. The maximum absolute atomic E-state index is 11.5. The molecule has 1 heterocycles. The maximum atomic E-state index is 11.5. The topological polar surface area (TPSA) is 111 Å². The standard InChI is InChI=1S/C11H14N4O2S/c1-18(16,17)9-4-2-3-8(7-9)11(13)5-6-14-10(12)15-11/h2-7H,13H2,1H3,(H3,12,14,15). The Kier molecular flexibility index (Phi) is 2.88. The Morgan fingerprint density at radius 2 is 2.11 bits per heavy atom. The minimum absolute atomic E-state index is 0.185. The van der Waals surface area contributed by atoms with Gasteiger partial charge in [-0.1, -0.05) is 12.1 Å². The highest BCUT2D eigenvalue weighted by molar-refractivity contribution is 7.90. The molecule has 7 heteroatoms. The van der Waals surface area contributed by atoms with E-state index in [2.05, 4.69) is 10.3 Å². The highest BCUT2D eigenvalue weighted by Crippen LogP contribution is 2.25. The monoisotopic (exact) mass is 266 g/mol. The van der Waals surface area contributed by atoms with Crippen molar-refractivity contribution in [3.63, 3.8) is 0 Å². The average Bonchev–Trinajstić information content (AvgIpc) is 2.28. The van der Waals surface area contributed by atoms with Crippen LogP contribution in [0.15, 0.2) is 46.4 Å². The minimum Gasteiger partial charge on any atom is -0.370 e. The van der Waals surface area contributed by atoms with Crippen LogP contribution in [0, 0.1) is 0 Å². The van der Waals surface area contributed by atoms with Crippen molar-refractivity contribution in [2.75, 3.05) is 6.26 Å². The summed E-state index contributed by atoms with van der Waals surface area (Å²) in [5, 5.41) is 2.70. The fourth-order valence-corrected chi connectivity index (χ4v) is 2.33. The third kappa shape index (κ3) is 2.36. The van der Waals surface area contributed by atoms with Crippen LogP contribution in [-0.2, 0) is 15.5 Å². The van der Waals surface area contributed by atoms with E-state index in [-0.39, 0.29) is 10.9 Å². The van der Waals surface area contributed by atoms with E-state index >= 15 is 0 Å². The lowest BCUT2D eigenvalue weighted by molar-refractivity contribution is 0.577. The summed E-state index contributed by atoms with van der Waals surface area (Å²) in [5.41, 5.74) is 11.1. The smallest absolute Gasteiger partial charge is 0.195 e. The first-order chi connectivity index (χ1) is 8.31. The van der Waals surface area contributed by atoms with E-state index in [4.69, 9.17) is 11.5 Å². The Morgan fingerprint density at radius 1 is 1.39 bits per heavy atom. The summed E-state index contributed by atoms with van der Waals surface area (Å²) in [6.07, 6.45) is 4.34. The van der Waals surface area contributed by atoms with Gasteiger partial charge in [0.05, 0.1) is 4.90 Å². The summed E-state index contributed by atoms with van der Waals surface area (Å²) < 4.78 is 23.0. The van der Waals surface area contributed by atoms with E-state index in [1.165, 1.54) is 12.1 Å². The lowest BCUT2D eigenvalue weighted by Crippen LogP contribution is -2.42. The predicted molar refractivity (Wildman–Crippen MR) is 69.3 cm³/mol. The van der Waals surface area contributed by atoms with Gasteiger partial charge < -0.3 is 11.1 Å². The Labute approximate surface area is 105 Å². The first kappa shape index (κ1) is 12.6. The van der Waals surface area contributed by atoms with Crippen LogP contribution in [0.5, 0.6) is 0 Å². The number of aliphatic imine (C=N–C) groups is 1. The van der Waals surface area contributed by atoms with Gasteiger partial charge in [-0.05, 0) is 23.8 Å². The SMILES string of the molecule is CS(=O)(=O)c1cccc(C2(N)C=CNC(N)=N2)c1. The first-order valence-electron chi connectivity index (χ1n) is 5.20. The number of hydrogen-bond donors (Lipinski definition) is 3. The highest BCUT2D eigenvalue weighted by Gasteiger charge is 2.26. The minimum atomic E-state index is -3.28. The van der Waals surface area contributed by atoms with Gasteiger partial charge in [-0.25, -0.2) is 13.4 Å². The van der Waals surface area contributed by atoms with Gasteiger partial charge >= 0.3 is 0 Å². The number of sulfone groups is 1. The van der Waals surface area contributed by atoms with E-state index in [1.54, 1.807) is 24.4 Å². The van der Waals surface area contributed by atoms with Gasteiger partial charge in [0.1, 0.15) is 0 Å². The van der Waals surface area contributed by atoms with Gasteiger partial charge in [0.15, 0.2) is 21.5 Å². The van der Waals surface area contributed by atoms with Crippen molar-refractivity contribution < 1.29 is 8.42 Å². The van der Waals surface area contributed by atoms with Crippen molar-refractivity contribution in [1.29, 1.82) is 0 Å². The predicted octanol–water partition coefficient (Wildman–Crippen LogP) is -0.367. The van der Waals surface area contributed by atoms with E-state index in [9.17, 15) is 8.42 Å². The van der Waals surface area contributed by atoms with Crippen LogP contribution in [0.2, 0.25) is 0 Å². The number of guanidine groups is 1. The zero-order chi connectivity index (χ0) is 13.4. The second-order valence-electron chi connectivity index (χ2n) is 4.10. The molecular weight excluding hydrogens is 252 g/mol. The zero-order valence-corrected chi connectivity index (χ0v) is 10.6. The Bertz CT molecular complexity index is 636. The maximum Gasteiger partial charge on any atom is 0.195 e. The van der Waals surface area contributed by atoms with Gasteiger partial charge in [0.2, 0.25) is 0 Å². The summed E-state index contributed by atoms with van der Waals surface area (Å²) in [7, 11) is -3.28. The second kappa shape index (κ2) is 4.11. The summed E-state index contributed by atoms with van der Waals surface area (Å²) in [6.45, 7) is 0. The van der Waals surface area contributed by atoms with Crippen LogP contribution >= 0.6 is 0 Å². The van der Waals surface area contributed by atoms with Crippen LogP contribution in [-0.4, -0.2) is 20.6 Å². The summed E-state index contributed by atoms with van der Waals surface area (Å²) >= 11 is 0. The third-order valence-corrected chi connectivity index (χ3v) is 3.71. The first-order valence-corrected chi connectivity index (χ1v) is 7.09. The Hall–Kier alpha value is -1.86. The number of hydrogen-bond acceptors (Lipinski definition) is 6. The Morgan fingerprint density at radius 3 is 2.72 bits per heavy atom. The molecule has 0 fully saturated rings. The normalized spacial score (nSPS) is 23.3. The van der Waals surface area contributed by atoms with E-state index in [0.29, 0.717) is 5.56 Å². The van der Waals surface area contributed by atoms with Gasteiger partial charge in [-0.3, -0.25) is 5.73 Å². The molecule has 0 radical (unpaired) electrons. The molecule has 1 aromatic carbocycles. The second-order valence-corrected chi connectivity index (χ2v) is 6.12. The average molecular weight is 266 g/mol. The van der Waals surface area contributed by atoms with Gasteiger partial charge in [-0.15, -0.1) is 0 Å². The molecule has 0 aliphatic carbocycles. The number of rotatable bonds is 2. The van der Waals surface area contributed by atoms with Crippen molar-refractivity contribution in [2.24, 2.45) is 16.5 Å². The molecule has 6 nitrogen and oxygen atoms in total. The number of nitrogens with zero attached hydrogens (tertiary/aromatic N) is 1. The molecule has 96 valence electrons. The molecule has 0 saturated heterocycles. The summed E-state index contributed by atoms with van der Waals surface area (Å²) in [4.78, 5) is 4.29. The number of nitrogens with two attached hydrogens (primary N) is 2. The quantitative estimate of drug-likeness (QED) is 0.676. The molecule has 0 bridgehead atoms. The van der Waals surface area contributed by atoms with Gasteiger partial charge in [-0.2, -0.15) is 0 Å². The van der Waals surface area contributed by atoms with Crippen molar-refractivity contribution in [2.45, 2.75) is 10.6 Å². The van der Waals surface area contributed by atoms with E-state index in [1.807, 2.05) is 0 Å². The van der Waals surface area contributed by atoms with Crippen LogP contribution in [0.1, 0.15) is 5.56 Å². The van der Waals surface area contributed by atoms with Crippen molar-refractivity contribution in [3.8, 4) is 0 Å². The molecule has 1 aliphatic heterocycles. The molecule has 0 amide bonds. The fourth-order valence-electron chi connectivity index (χ4n) is 1.66. The molecule has 0 saturated carbocycles. The van der Waals surface area contributed by atoms with Crippen LogP contribution in [0.4, 0.5) is 0 Å². The van der Waals surface area contributed by atoms with Gasteiger partial charge in [0, 0.05) is 12.5 Å². The molecule has 1 aliphatic rings.